The molecule has 2 aliphatic rings. The van der Waals surface area contributed by atoms with Gasteiger partial charge in [-0.3, -0.25) is 4.90 Å². The normalized spacial score (nSPS) is 25.9. The molecule has 2 heterocycles. The molecule has 0 amide bonds. The third-order valence-corrected chi connectivity index (χ3v) is 8.33. The number of piperidine rings is 1. The predicted octanol–water partition coefficient (Wildman–Crippen LogP) is 3.94. The molecule has 1 saturated heterocycles. The first-order chi connectivity index (χ1) is 15.7. The highest BCUT2D eigenvalue weighted by Crippen LogP contribution is 2.51. The Bertz CT molecular complexity index is 1200. The van der Waals surface area contributed by atoms with Gasteiger partial charge in [-0.15, -0.1) is 0 Å². The summed E-state index contributed by atoms with van der Waals surface area (Å²) < 4.78 is 5.78. The van der Waals surface area contributed by atoms with Gasteiger partial charge in [-0.05, 0) is 73.9 Å². The molecule has 2 atom stereocenters. The number of methoxy groups -OCH3 is 1. The number of nitrogens with one attached hydrogen (secondary N) is 1. The standard InChI is InChI=1S/C26H29N2O4Si/c1-16-13-22(32-2)21(20-9-11-27-23(16)20)14-28-12-10-25(31,18-7-8-18)15-26(28,33)19-5-3-17(4-6-19)24(29)30/h3-6,9,11,13,18,27,31H,7-8,10,12,14-15H2,1-2H3,(H,29,30)/t25-,26+/m1/s1. The van der Waals surface area contributed by atoms with E-state index in [0.717, 1.165) is 46.2 Å². The number of H-pyrrole nitrogens is 1. The largest absolute Gasteiger partial charge is 0.496 e. The lowest BCUT2D eigenvalue weighted by Crippen LogP contribution is -2.58. The molecule has 1 aliphatic carbocycles. The van der Waals surface area contributed by atoms with Gasteiger partial charge in [0.1, 0.15) is 5.75 Å². The average Bonchev–Trinajstić information content (AvgIpc) is 3.55. The molecule has 2 fully saturated rings. The van der Waals surface area contributed by atoms with Crippen LogP contribution in [0.25, 0.3) is 10.9 Å². The lowest BCUT2D eigenvalue weighted by atomic mass is 9.79. The van der Waals surface area contributed by atoms with Crippen molar-refractivity contribution < 1.29 is 19.7 Å². The maximum Gasteiger partial charge on any atom is 0.335 e. The third kappa shape index (κ3) is 3.78. The number of fused-ring (bicyclic) bond motifs is 1. The second-order valence-corrected chi connectivity index (χ2v) is 10.4. The summed E-state index contributed by atoms with van der Waals surface area (Å²) in [6.07, 6.45) is 5.33. The van der Waals surface area contributed by atoms with Crippen molar-refractivity contribution >= 4 is 27.1 Å². The Hall–Kier alpha value is -2.61. The van der Waals surface area contributed by atoms with E-state index in [1.54, 1.807) is 19.2 Å². The first-order valence-electron chi connectivity index (χ1n) is 11.4. The first kappa shape index (κ1) is 22.2. The van der Waals surface area contributed by atoms with E-state index < -0.39 is 16.7 Å². The summed E-state index contributed by atoms with van der Waals surface area (Å²) in [6, 6.07) is 11.1. The minimum atomic E-state index is -0.946. The molecule has 0 unspecified atom stereocenters. The van der Waals surface area contributed by atoms with Crippen LogP contribution in [0.3, 0.4) is 0 Å². The molecule has 0 bridgehead atoms. The molecule has 1 aromatic heterocycles. The van der Waals surface area contributed by atoms with E-state index in [2.05, 4.69) is 39.2 Å². The number of carboxylic acid groups (broad SMARTS) is 1. The van der Waals surface area contributed by atoms with E-state index in [-0.39, 0.29) is 5.56 Å². The number of hydrogen-bond donors (Lipinski definition) is 3. The highest BCUT2D eigenvalue weighted by Gasteiger charge is 2.53. The fourth-order valence-electron chi connectivity index (χ4n) is 5.49. The first-order valence-corrected chi connectivity index (χ1v) is 11.9. The van der Waals surface area contributed by atoms with E-state index in [4.69, 9.17) is 4.74 Å². The van der Waals surface area contributed by atoms with Crippen molar-refractivity contribution in [1.29, 1.82) is 0 Å². The van der Waals surface area contributed by atoms with Gasteiger partial charge in [0.05, 0.1) is 28.5 Å². The molecule has 1 saturated carbocycles. The maximum atomic E-state index is 11.5. The Morgan fingerprint density at radius 1 is 1.27 bits per heavy atom. The van der Waals surface area contributed by atoms with Crippen LogP contribution in [0.4, 0.5) is 0 Å². The summed E-state index contributed by atoms with van der Waals surface area (Å²) in [6.45, 7) is 3.41. The molecule has 3 radical (unpaired) electrons. The van der Waals surface area contributed by atoms with Crippen molar-refractivity contribution in [1.82, 2.24) is 9.88 Å². The summed E-state index contributed by atoms with van der Waals surface area (Å²) in [5.41, 5.74) is 3.79. The van der Waals surface area contributed by atoms with Gasteiger partial charge < -0.3 is 19.9 Å². The molecule has 2 aromatic carbocycles. The van der Waals surface area contributed by atoms with Crippen LogP contribution in [0.15, 0.2) is 42.6 Å². The topological polar surface area (TPSA) is 85.8 Å². The lowest BCUT2D eigenvalue weighted by Gasteiger charge is -2.52. The monoisotopic (exact) mass is 461 g/mol. The van der Waals surface area contributed by atoms with Gasteiger partial charge in [0.2, 0.25) is 0 Å². The fraction of sp³-hybridized carbons (Fsp3) is 0.423. The number of hydrogen-bond acceptors (Lipinski definition) is 4. The Morgan fingerprint density at radius 2 is 2.00 bits per heavy atom. The number of aryl methyl sites for hydroxylation is 1. The Kier molecular flexibility index (Phi) is 5.38. The van der Waals surface area contributed by atoms with Crippen molar-refractivity contribution in [2.24, 2.45) is 5.92 Å². The number of aromatic nitrogens is 1. The predicted molar refractivity (Wildman–Crippen MR) is 128 cm³/mol. The quantitative estimate of drug-likeness (QED) is 0.484. The van der Waals surface area contributed by atoms with Gasteiger partial charge >= 0.3 is 5.97 Å². The van der Waals surface area contributed by atoms with Gasteiger partial charge in [0, 0.05) is 40.9 Å². The van der Waals surface area contributed by atoms with Crippen LogP contribution in [0.2, 0.25) is 0 Å². The van der Waals surface area contributed by atoms with E-state index in [1.807, 2.05) is 18.3 Å². The van der Waals surface area contributed by atoms with Crippen molar-refractivity contribution in [3.63, 3.8) is 0 Å². The highest BCUT2D eigenvalue weighted by atomic mass is 28.1. The van der Waals surface area contributed by atoms with Crippen LogP contribution in [0.5, 0.6) is 5.75 Å². The number of carbonyl (C=O) groups is 1. The number of nitrogens with zero attached hydrogens (tertiary/aromatic N) is 1. The number of benzene rings is 2. The van der Waals surface area contributed by atoms with Crippen LogP contribution in [-0.2, 0) is 11.7 Å². The average molecular weight is 462 g/mol. The summed E-state index contributed by atoms with van der Waals surface area (Å²) >= 11 is 0. The molecule has 171 valence electrons. The molecule has 33 heavy (non-hydrogen) atoms. The fourth-order valence-corrected chi connectivity index (χ4v) is 6.15. The van der Waals surface area contributed by atoms with Crippen LogP contribution in [0.1, 0.15) is 52.7 Å². The summed E-state index contributed by atoms with van der Waals surface area (Å²) in [5.74, 6) is 0.232. The summed E-state index contributed by atoms with van der Waals surface area (Å²) in [4.78, 5) is 17.1. The Balaban J connectivity index is 1.57. The maximum absolute atomic E-state index is 11.5. The number of rotatable bonds is 6. The summed E-state index contributed by atoms with van der Waals surface area (Å²) in [5, 5.41) is 21.4. The third-order valence-electron chi connectivity index (χ3n) is 7.54. The molecule has 0 spiro atoms. The van der Waals surface area contributed by atoms with Crippen molar-refractivity contribution in [3.8, 4) is 5.75 Å². The zero-order valence-corrected chi connectivity index (χ0v) is 20.0. The van der Waals surface area contributed by atoms with Gasteiger partial charge in [-0.1, -0.05) is 12.1 Å². The van der Waals surface area contributed by atoms with E-state index >= 15 is 0 Å². The zero-order chi connectivity index (χ0) is 23.4. The number of ether oxygens (including phenoxy) is 1. The van der Waals surface area contributed by atoms with Crippen LogP contribution >= 0.6 is 0 Å². The molecule has 5 rings (SSSR count). The molecular formula is C26H29N2O4Si. The van der Waals surface area contributed by atoms with Crippen molar-refractivity contribution in [2.45, 2.75) is 49.9 Å². The second kappa shape index (κ2) is 8.01. The van der Waals surface area contributed by atoms with Crippen LogP contribution in [0, 0.1) is 12.8 Å². The number of aromatic carboxylic acids is 1. The Morgan fingerprint density at radius 3 is 2.64 bits per heavy atom. The zero-order valence-electron chi connectivity index (χ0n) is 19.0. The van der Waals surface area contributed by atoms with Crippen LogP contribution < -0.4 is 4.74 Å². The van der Waals surface area contributed by atoms with E-state index in [1.165, 1.54) is 0 Å². The smallest absolute Gasteiger partial charge is 0.335 e. The number of likely N-dealkylation sites (tertiary alicyclic amines) is 1. The molecule has 3 aromatic rings. The molecule has 3 N–H and O–H groups in total. The van der Waals surface area contributed by atoms with Gasteiger partial charge in [0.15, 0.2) is 0 Å². The number of carboxylic acids is 1. The minimum absolute atomic E-state index is 0.253. The molecule has 7 heteroatoms. The van der Waals surface area contributed by atoms with Gasteiger partial charge in [-0.2, -0.15) is 0 Å². The number of aromatic amines is 1. The minimum Gasteiger partial charge on any atom is -0.496 e. The van der Waals surface area contributed by atoms with Crippen molar-refractivity contribution in [3.05, 3.63) is 64.8 Å². The molecule has 6 nitrogen and oxygen atoms in total. The van der Waals surface area contributed by atoms with E-state index in [0.29, 0.717) is 31.8 Å². The van der Waals surface area contributed by atoms with E-state index in [9.17, 15) is 15.0 Å². The molecule has 1 aliphatic heterocycles. The Labute approximate surface area is 197 Å². The number of aliphatic hydroxyl groups is 1. The SMILES string of the molecule is COc1cc(C)c2[nH]ccc2c1CN1CC[C@](O)(C2CC2)C[C@]1([Si])c1ccc(C(=O)O)cc1. The van der Waals surface area contributed by atoms with Gasteiger partial charge in [0.25, 0.3) is 0 Å². The second-order valence-electron chi connectivity index (χ2n) is 9.61. The van der Waals surface area contributed by atoms with Crippen LogP contribution in [-0.4, -0.2) is 55.6 Å². The molecular weight excluding hydrogens is 432 g/mol. The van der Waals surface area contributed by atoms with Crippen molar-refractivity contribution in [2.75, 3.05) is 13.7 Å². The highest BCUT2D eigenvalue weighted by molar-refractivity contribution is 6.15. The summed E-state index contributed by atoms with van der Waals surface area (Å²) in [7, 11) is 5.81. The van der Waals surface area contributed by atoms with Gasteiger partial charge in [-0.25, -0.2) is 4.79 Å². The lowest BCUT2D eigenvalue weighted by molar-refractivity contribution is -0.0798.